The first-order valence-corrected chi connectivity index (χ1v) is 4.75. The van der Waals surface area contributed by atoms with Crippen LogP contribution in [0.15, 0.2) is 24.0 Å². The maximum Gasteiger partial charge on any atom is 0.219 e. The Bertz CT molecular complexity index is 236. The van der Waals surface area contributed by atoms with Crippen molar-refractivity contribution in [2.75, 3.05) is 6.61 Å². The molecule has 2 heteroatoms. The highest BCUT2D eigenvalue weighted by Gasteiger charge is 2.10. The summed E-state index contributed by atoms with van der Waals surface area (Å²) in [5.41, 5.74) is 0. The maximum absolute atomic E-state index is 11.4. The van der Waals surface area contributed by atoms with Gasteiger partial charge in [0.2, 0.25) is 5.78 Å². The van der Waals surface area contributed by atoms with Crippen molar-refractivity contribution in [2.45, 2.75) is 26.7 Å². The zero-order valence-electron chi connectivity index (χ0n) is 8.25. The summed E-state index contributed by atoms with van der Waals surface area (Å²) in [6.07, 6.45) is 7.33. The Balaban J connectivity index is 2.51. The van der Waals surface area contributed by atoms with Crippen LogP contribution in [0.2, 0.25) is 0 Å². The first-order chi connectivity index (χ1) is 6.20. The fraction of sp³-hybridized carbons (Fsp3) is 0.545. The third kappa shape index (κ3) is 3.45. The average Bonchev–Trinajstić information content (AvgIpc) is 2.15. The van der Waals surface area contributed by atoms with Gasteiger partial charge in [-0.25, -0.2) is 0 Å². The molecule has 0 atom stereocenters. The highest BCUT2D eigenvalue weighted by Crippen LogP contribution is 2.11. The maximum atomic E-state index is 11.4. The van der Waals surface area contributed by atoms with Gasteiger partial charge in [0, 0.05) is 0 Å². The molecule has 0 aromatic heterocycles. The zero-order chi connectivity index (χ0) is 9.68. The highest BCUT2D eigenvalue weighted by atomic mass is 16.5. The summed E-state index contributed by atoms with van der Waals surface area (Å²) in [4.78, 5) is 11.4. The van der Waals surface area contributed by atoms with E-state index in [2.05, 4.69) is 0 Å². The van der Waals surface area contributed by atoms with Gasteiger partial charge in [-0.15, -0.1) is 0 Å². The molecule has 0 aromatic carbocycles. The predicted molar refractivity (Wildman–Crippen MR) is 52.3 cm³/mol. The van der Waals surface area contributed by atoms with Crippen LogP contribution in [0.5, 0.6) is 0 Å². The molecule has 0 N–H and O–H groups in total. The van der Waals surface area contributed by atoms with Gasteiger partial charge in [0.25, 0.3) is 0 Å². The molecule has 0 aromatic rings. The average molecular weight is 180 g/mol. The fourth-order valence-corrected chi connectivity index (χ4v) is 1.09. The van der Waals surface area contributed by atoms with Crippen molar-refractivity contribution in [2.24, 2.45) is 5.92 Å². The van der Waals surface area contributed by atoms with E-state index in [0.29, 0.717) is 18.3 Å². The molecule has 0 amide bonds. The van der Waals surface area contributed by atoms with Crippen molar-refractivity contribution in [3.8, 4) is 0 Å². The normalized spacial score (nSPS) is 17.3. The second-order valence-corrected chi connectivity index (χ2v) is 3.53. The van der Waals surface area contributed by atoms with Gasteiger partial charge in [0.15, 0.2) is 5.76 Å². The Morgan fingerprint density at radius 1 is 1.62 bits per heavy atom. The second kappa shape index (κ2) is 4.85. The molecule has 1 aliphatic rings. The van der Waals surface area contributed by atoms with Gasteiger partial charge >= 0.3 is 0 Å². The summed E-state index contributed by atoms with van der Waals surface area (Å²) < 4.78 is 5.23. The van der Waals surface area contributed by atoms with Gasteiger partial charge in [-0.05, 0) is 30.9 Å². The molecule has 1 heterocycles. The van der Waals surface area contributed by atoms with Gasteiger partial charge < -0.3 is 4.74 Å². The minimum Gasteiger partial charge on any atom is -0.490 e. The Morgan fingerprint density at radius 3 is 2.92 bits per heavy atom. The van der Waals surface area contributed by atoms with E-state index in [4.69, 9.17) is 4.74 Å². The molecular formula is C11H16O2. The van der Waals surface area contributed by atoms with E-state index in [1.54, 1.807) is 6.08 Å². The van der Waals surface area contributed by atoms with Crippen molar-refractivity contribution in [1.82, 2.24) is 0 Å². The van der Waals surface area contributed by atoms with Crippen LogP contribution < -0.4 is 0 Å². The lowest BCUT2D eigenvalue weighted by atomic mass is 10.1. The van der Waals surface area contributed by atoms with E-state index >= 15 is 0 Å². The number of carbonyl (C=O) groups is 1. The minimum absolute atomic E-state index is 0.00611. The molecule has 0 unspecified atom stereocenters. The summed E-state index contributed by atoms with van der Waals surface area (Å²) in [6.45, 7) is 4.76. The molecule has 72 valence electrons. The first-order valence-electron chi connectivity index (χ1n) is 4.75. The first kappa shape index (κ1) is 10.0. The van der Waals surface area contributed by atoms with Crippen LogP contribution in [0.3, 0.4) is 0 Å². The molecule has 1 rings (SSSR count). The van der Waals surface area contributed by atoms with Crippen LogP contribution in [0.4, 0.5) is 0 Å². The SMILES string of the molecule is CC(C)/C=C/C(=O)C1=CCCCO1. The number of hydrogen-bond acceptors (Lipinski definition) is 2. The molecule has 0 saturated carbocycles. The summed E-state index contributed by atoms with van der Waals surface area (Å²) in [5.74, 6) is 0.921. The lowest BCUT2D eigenvalue weighted by Gasteiger charge is -2.11. The highest BCUT2D eigenvalue weighted by molar-refractivity contribution is 6.02. The Morgan fingerprint density at radius 2 is 2.38 bits per heavy atom. The van der Waals surface area contributed by atoms with Crippen molar-refractivity contribution >= 4 is 5.78 Å². The van der Waals surface area contributed by atoms with Crippen molar-refractivity contribution in [3.63, 3.8) is 0 Å². The lowest BCUT2D eigenvalue weighted by Crippen LogP contribution is -2.08. The number of ether oxygens (including phenoxy) is 1. The fourth-order valence-electron chi connectivity index (χ4n) is 1.09. The Kier molecular flexibility index (Phi) is 3.74. The monoisotopic (exact) mass is 180 g/mol. The number of ketones is 1. The van der Waals surface area contributed by atoms with Crippen LogP contribution in [-0.2, 0) is 9.53 Å². The molecule has 1 aliphatic heterocycles. The third-order valence-electron chi connectivity index (χ3n) is 1.81. The van der Waals surface area contributed by atoms with E-state index in [9.17, 15) is 4.79 Å². The van der Waals surface area contributed by atoms with Crippen molar-refractivity contribution in [3.05, 3.63) is 24.0 Å². The molecular weight excluding hydrogens is 164 g/mol. The molecule has 0 aliphatic carbocycles. The predicted octanol–water partition coefficient (Wildman–Crippen LogP) is 2.46. The van der Waals surface area contributed by atoms with E-state index in [-0.39, 0.29) is 5.78 Å². The summed E-state index contributed by atoms with van der Waals surface area (Å²) in [5, 5.41) is 0. The summed E-state index contributed by atoms with van der Waals surface area (Å²) in [6, 6.07) is 0. The van der Waals surface area contributed by atoms with Gasteiger partial charge in [0.1, 0.15) is 0 Å². The molecule has 2 nitrogen and oxygen atoms in total. The number of allylic oxidation sites excluding steroid dienone is 3. The standard InChI is InChI=1S/C11H16O2/c1-9(2)6-7-10(12)11-5-3-4-8-13-11/h5-7,9H,3-4,8H2,1-2H3/b7-6+. The summed E-state index contributed by atoms with van der Waals surface area (Å²) >= 11 is 0. The largest absolute Gasteiger partial charge is 0.490 e. The van der Waals surface area contributed by atoms with Crippen LogP contribution in [0.1, 0.15) is 26.7 Å². The molecule has 0 bridgehead atoms. The van der Waals surface area contributed by atoms with E-state index in [1.165, 1.54) is 0 Å². The van der Waals surface area contributed by atoms with Crippen LogP contribution in [0.25, 0.3) is 0 Å². The Labute approximate surface area is 79.3 Å². The van der Waals surface area contributed by atoms with E-state index in [0.717, 1.165) is 12.8 Å². The molecule has 13 heavy (non-hydrogen) atoms. The van der Waals surface area contributed by atoms with Gasteiger partial charge in [0.05, 0.1) is 6.61 Å². The number of hydrogen-bond donors (Lipinski definition) is 0. The van der Waals surface area contributed by atoms with Gasteiger partial charge in [-0.1, -0.05) is 19.9 Å². The molecule has 0 fully saturated rings. The van der Waals surface area contributed by atoms with Crippen LogP contribution >= 0.6 is 0 Å². The van der Waals surface area contributed by atoms with E-state index < -0.39 is 0 Å². The van der Waals surface area contributed by atoms with Crippen molar-refractivity contribution in [1.29, 1.82) is 0 Å². The topological polar surface area (TPSA) is 26.3 Å². The number of carbonyl (C=O) groups excluding carboxylic acids is 1. The van der Waals surface area contributed by atoms with Gasteiger partial charge in [-0.2, -0.15) is 0 Å². The number of rotatable bonds is 3. The summed E-state index contributed by atoms with van der Waals surface area (Å²) in [7, 11) is 0. The van der Waals surface area contributed by atoms with Crippen molar-refractivity contribution < 1.29 is 9.53 Å². The minimum atomic E-state index is -0.00611. The molecule has 0 spiro atoms. The second-order valence-electron chi connectivity index (χ2n) is 3.53. The third-order valence-corrected chi connectivity index (χ3v) is 1.81. The zero-order valence-corrected chi connectivity index (χ0v) is 8.25. The quantitative estimate of drug-likeness (QED) is 0.624. The Hall–Kier alpha value is -1.05. The van der Waals surface area contributed by atoms with Crippen LogP contribution in [0, 0.1) is 5.92 Å². The lowest BCUT2D eigenvalue weighted by molar-refractivity contribution is -0.114. The molecule has 0 saturated heterocycles. The van der Waals surface area contributed by atoms with Crippen LogP contribution in [-0.4, -0.2) is 12.4 Å². The van der Waals surface area contributed by atoms with Gasteiger partial charge in [-0.3, -0.25) is 4.79 Å². The van der Waals surface area contributed by atoms with E-state index in [1.807, 2.05) is 26.0 Å². The molecule has 0 radical (unpaired) electrons. The smallest absolute Gasteiger partial charge is 0.219 e.